The van der Waals surface area contributed by atoms with Gasteiger partial charge >= 0.3 is 0 Å². The highest BCUT2D eigenvalue weighted by atomic mass is 16.5. The Balaban J connectivity index is 1.41. The number of H-pyrrole nitrogens is 1. The molecule has 1 unspecified atom stereocenters. The molecule has 2 aromatic carbocycles. The first-order chi connectivity index (χ1) is 15.0. The van der Waals surface area contributed by atoms with Crippen molar-refractivity contribution in [2.24, 2.45) is 10.8 Å². The molecule has 2 amide bonds. The van der Waals surface area contributed by atoms with E-state index < -0.39 is 17.9 Å². The second-order valence-corrected chi connectivity index (χ2v) is 6.87. The van der Waals surface area contributed by atoms with Gasteiger partial charge in [-0.25, -0.2) is 4.98 Å². The van der Waals surface area contributed by atoms with E-state index in [1.54, 1.807) is 19.2 Å². The van der Waals surface area contributed by atoms with E-state index >= 15 is 0 Å². The quantitative estimate of drug-likeness (QED) is 0.526. The Labute approximate surface area is 178 Å². The molecule has 0 bridgehead atoms. The molecule has 4 rings (SSSR count). The Morgan fingerprint density at radius 2 is 1.94 bits per heavy atom. The van der Waals surface area contributed by atoms with Gasteiger partial charge in [0.05, 0.1) is 19.3 Å². The Kier molecular flexibility index (Phi) is 5.61. The van der Waals surface area contributed by atoms with Gasteiger partial charge in [-0.15, -0.1) is 0 Å². The lowest BCUT2D eigenvalue weighted by Crippen LogP contribution is -2.39. The van der Waals surface area contributed by atoms with E-state index in [0.29, 0.717) is 17.3 Å². The number of hydrogen-bond acceptors (Lipinski definition) is 7. The Bertz CT molecular complexity index is 1110. The van der Waals surface area contributed by atoms with Crippen LogP contribution in [0.25, 0.3) is 11.4 Å². The monoisotopic (exact) mass is 419 g/mol. The number of carbonyl (C=O) groups is 2. The normalized spacial score (nSPS) is 15.5. The number of ether oxygens (including phenoxy) is 1. The Morgan fingerprint density at radius 3 is 2.61 bits per heavy atom. The first-order valence-corrected chi connectivity index (χ1v) is 9.60. The molecule has 10 nitrogen and oxygen atoms in total. The van der Waals surface area contributed by atoms with Crippen LogP contribution in [0.2, 0.25) is 0 Å². The van der Waals surface area contributed by atoms with Gasteiger partial charge in [0.2, 0.25) is 5.91 Å². The average Bonchev–Trinajstić information content (AvgIpc) is 3.46. The zero-order valence-corrected chi connectivity index (χ0v) is 16.8. The number of aromatic amines is 1. The number of hydrazone groups is 1. The molecule has 0 saturated heterocycles. The molecule has 0 aliphatic carbocycles. The molecule has 1 aliphatic heterocycles. The van der Waals surface area contributed by atoms with Crippen LogP contribution in [0.4, 0.5) is 5.69 Å². The van der Waals surface area contributed by atoms with Crippen molar-refractivity contribution in [3.05, 3.63) is 60.4 Å². The number of nitrogens with zero attached hydrogens (tertiary/aromatic N) is 4. The first kappa shape index (κ1) is 20.1. The topological polar surface area (TPSA) is 139 Å². The molecule has 0 spiro atoms. The number of methoxy groups -OCH3 is 1. The lowest BCUT2D eigenvalue weighted by molar-refractivity contribution is -0.119. The second-order valence-electron chi connectivity index (χ2n) is 6.87. The molecular weight excluding hydrogens is 398 g/mol. The number of carbonyl (C=O) groups excluding carboxylic acids is 2. The molecule has 0 radical (unpaired) electrons. The number of nitrogens with two attached hydrogens (primary N) is 1. The maximum absolute atomic E-state index is 12.6. The minimum Gasteiger partial charge on any atom is -0.497 e. The number of benzene rings is 2. The van der Waals surface area contributed by atoms with Crippen LogP contribution in [0, 0.1) is 0 Å². The van der Waals surface area contributed by atoms with E-state index in [0.717, 1.165) is 11.3 Å². The van der Waals surface area contributed by atoms with Crippen molar-refractivity contribution in [3.63, 3.8) is 0 Å². The van der Waals surface area contributed by atoms with Gasteiger partial charge in [0.25, 0.3) is 5.91 Å². The predicted octanol–water partition coefficient (Wildman–Crippen LogP) is 1.22. The molecule has 3 aromatic rings. The highest BCUT2D eigenvalue weighted by Crippen LogP contribution is 2.24. The van der Waals surface area contributed by atoms with Gasteiger partial charge < -0.3 is 15.8 Å². The minimum atomic E-state index is -0.713. The molecule has 158 valence electrons. The van der Waals surface area contributed by atoms with Crippen LogP contribution in [-0.4, -0.2) is 45.9 Å². The molecule has 4 N–H and O–H groups in total. The van der Waals surface area contributed by atoms with Crippen molar-refractivity contribution in [2.75, 3.05) is 12.1 Å². The first-order valence-electron chi connectivity index (χ1n) is 9.60. The smallest absolute Gasteiger partial charge is 0.267 e. The molecule has 10 heteroatoms. The van der Waals surface area contributed by atoms with Crippen molar-refractivity contribution in [1.29, 1.82) is 0 Å². The van der Waals surface area contributed by atoms with Crippen LogP contribution in [0.3, 0.4) is 0 Å². The fourth-order valence-electron chi connectivity index (χ4n) is 3.20. The highest BCUT2D eigenvalue weighted by molar-refractivity contribution is 6.40. The van der Waals surface area contributed by atoms with E-state index in [-0.39, 0.29) is 18.7 Å². The summed E-state index contributed by atoms with van der Waals surface area (Å²) in [6.45, 7) is 0.133. The molecular formula is C21H21N7O3. The summed E-state index contributed by atoms with van der Waals surface area (Å²) >= 11 is 0. The van der Waals surface area contributed by atoms with E-state index in [1.807, 2.05) is 42.5 Å². The van der Waals surface area contributed by atoms with Gasteiger partial charge in [0.15, 0.2) is 5.82 Å². The lowest BCUT2D eigenvalue weighted by atomic mass is 10.1. The largest absolute Gasteiger partial charge is 0.497 e. The van der Waals surface area contributed by atoms with E-state index in [2.05, 4.69) is 25.6 Å². The second kappa shape index (κ2) is 8.66. The van der Waals surface area contributed by atoms with Crippen molar-refractivity contribution in [2.45, 2.75) is 19.0 Å². The summed E-state index contributed by atoms with van der Waals surface area (Å²) in [5.74, 6) is 0.794. The van der Waals surface area contributed by atoms with Gasteiger partial charge in [-0.2, -0.15) is 10.2 Å². The summed E-state index contributed by atoms with van der Waals surface area (Å²) in [5.41, 5.74) is 7.24. The lowest BCUT2D eigenvalue weighted by Gasteiger charge is -2.20. The third-order valence-corrected chi connectivity index (χ3v) is 4.82. The molecule has 1 atom stereocenters. The fourth-order valence-corrected chi connectivity index (χ4v) is 3.20. The fraction of sp³-hybridized carbons (Fsp3) is 0.190. The standard InChI is InChI=1S/C21H21N7O3/c1-31-15-9-7-13(8-10-15)20-24-18(25-26-20)12-23-21(30)16-11-17(19(22)29)28(27-16)14-5-3-2-4-6-14/h2-10,17H,11-12H2,1H3,(H2,22,29)(H,23,30)(H,24,25,26). The zero-order chi connectivity index (χ0) is 21.8. The molecule has 2 heterocycles. The minimum absolute atomic E-state index is 0.129. The number of hydrogen-bond donors (Lipinski definition) is 3. The SMILES string of the molecule is COc1ccc(-c2n[nH]c(CNC(=O)C3=NN(c4ccccc4)C(C(N)=O)C3)n2)cc1. The van der Waals surface area contributed by atoms with Crippen LogP contribution >= 0.6 is 0 Å². The third-order valence-electron chi connectivity index (χ3n) is 4.82. The van der Waals surface area contributed by atoms with Gasteiger partial charge in [-0.3, -0.25) is 19.7 Å². The number of anilines is 1. The van der Waals surface area contributed by atoms with E-state index in [1.165, 1.54) is 5.01 Å². The molecule has 1 aliphatic rings. The molecule has 31 heavy (non-hydrogen) atoms. The Hall–Kier alpha value is -4.21. The average molecular weight is 419 g/mol. The number of primary amides is 1. The van der Waals surface area contributed by atoms with E-state index in [4.69, 9.17) is 10.5 Å². The zero-order valence-electron chi connectivity index (χ0n) is 16.8. The van der Waals surface area contributed by atoms with Gasteiger partial charge in [-0.05, 0) is 36.4 Å². The summed E-state index contributed by atoms with van der Waals surface area (Å²) in [4.78, 5) is 28.9. The van der Waals surface area contributed by atoms with Crippen molar-refractivity contribution in [3.8, 4) is 17.1 Å². The van der Waals surface area contributed by atoms with Gasteiger partial charge in [0.1, 0.15) is 23.3 Å². The summed E-state index contributed by atoms with van der Waals surface area (Å²) in [5, 5.41) is 15.5. The number of amides is 2. The van der Waals surface area contributed by atoms with Crippen molar-refractivity contribution >= 4 is 23.2 Å². The van der Waals surface area contributed by atoms with Crippen LogP contribution in [-0.2, 0) is 16.1 Å². The van der Waals surface area contributed by atoms with Crippen molar-refractivity contribution in [1.82, 2.24) is 20.5 Å². The Morgan fingerprint density at radius 1 is 1.19 bits per heavy atom. The summed E-state index contributed by atoms with van der Waals surface area (Å²) in [6, 6.07) is 15.7. The van der Waals surface area contributed by atoms with Gasteiger partial charge in [0, 0.05) is 12.0 Å². The summed E-state index contributed by atoms with van der Waals surface area (Å²) in [7, 11) is 1.60. The van der Waals surface area contributed by atoms with Gasteiger partial charge in [-0.1, -0.05) is 18.2 Å². The van der Waals surface area contributed by atoms with Crippen molar-refractivity contribution < 1.29 is 14.3 Å². The number of para-hydroxylation sites is 1. The molecule has 0 saturated carbocycles. The maximum atomic E-state index is 12.6. The number of aromatic nitrogens is 3. The highest BCUT2D eigenvalue weighted by Gasteiger charge is 2.34. The predicted molar refractivity (Wildman–Crippen MR) is 114 cm³/mol. The summed E-state index contributed by atoms with van der Waals surface area (Å²) < 4.78 is 5.14. The number of rotatable bonds is 7. The van der Waals surface area contributed by atoms with E-state index in [9.17, 15) is 9.59 Å². The maximum Gasteiger partial charge on any atom is 0.267 e. The van der Waals surface area contributed by atoms with Crippen LogP contribution < -0.4 is 20.8 Å². The van der Waals surface area contributed by atoms with Crippen LogP contribution in [0.15, 0.2) is 59.7 Å². The number of nitrogens with one attached hydrogen (secondary N) is 2. The molecule has 0 fully saturated rings. The summed E-state index contributed by atoms with van der Waals surface area (Å²) in [6.07, 6.45) is 0.129. The molecule has 1 aromatic heterocycles. The third kappa shape index (κ3) is 4.37. The van der Waals surface area contributed by atoms with Crippen LogP contribution in [0.5, 0.6) is 5.75 Å². The van der Waals surface area contributed by atoms with Crippen LogP contribution in [0.1, 0.15) is 12.2 Å².